The van der Waals surface area contributed by atoms with E-state index in [-0.39, 0.29) is 28.0 Å². The summed E-state index contributed by atoms with van der Waals surface area (Å²) in [6.45, 7) is 2.29. The van der Waals surface area contributed by atoms with Gasteiger partial charge in [-0.05, 0) is 18.9 Å². The Morgan fingerprint density at radius 2 is 1.76 bits per heavy atom. The van der Waals surface area contributed by atoms with Crippen molar-refractivity contribution in [3.63, 3.8) is 0 Å². The lowest BCUT2D eigenvalue weighted by atomic mass is 10.1. The highest BCUT2D eigenvalue weighted by Crippen LogP contribution is 2.33. The van der Waals surface area contributed by atoms with Gasteiger partial charge in [0, 0.05) is 13.0 Å². The number of hydrogen-bond acceptors (Lipinski definition) is 6. The van der Waals surface area contributed by atoms with E-state index >= 15 is 0 Å². The van der Waals surface area contributed by atoms with Gasteiger partial charge in [-0.3, -0.25) is 19.7 Å². The number of carbonyl (C=O) groups is 2. The number of nitro benzene ring substituents is 1. The number of halogens is 1. The highest BCUT2D eigenvalue weighted by atomic mass is 35.5. The average molecular weight is 372 g/mol. The van der Waals surface area contributed by atoms with Crippen LogP contribution in [-0.4, -0.2) is 30.4 Å². The third kappa shape index (κ3) is 7.51. The zero-order valence-corrected chi connectivity index (χ0v) is 14.9. The predicted octanol–water partition coefficient (Wildman–Crippen LogP) is 4.34. The van der Waals surface area contributed by atoms with Gasteiger partial charge in [-0.15, -0.1) is 0 Å². The van der Waals surface area contributed by atoms with E-state index in [2.05, 4.69) is 0 Å². The van der Waals surface area contributed by atoms with E-state index in [1.807, 2.05) is 0 Å². The van der Waals surface area contributed by atoms with E-state index in [1.165, 1.54) is 19.1 Å². The number of carbonyl (C=O) groups excluding carboxylic acids is 2. The number of ether oxygens (including phenoxy) is 2. The SMILES string of the molecule is CC(=O)OCCCCCCCCOc1ccc([N+](=O)[O-])c(C=O)c1Cl. The molecule has 1 aromatic carbocycles. The van der Waals surface area contributed by atoms with Crippen molar-refractivity contribution in [2.45, 2.75) is 45.4 Å². The number of rotatable bonds is 12. The summed E-state index contributed by atoms with van der Waals surface area (Å²) in [5, 5.41) is 10.8. The van der Waals surface area contributed by atoms with E-state index in [1.54, 1.807) is 0 Å². The first kappa shape index (κ1) is 20.9. The Labute approximate surface area is 151 Å². The number of benzene rings is 1. The van der Waals surface area contributed by atoms with Crippen molar-refractivity contribution in [1.82, 2.24) is 0 Å². The van der Waals surface area contributed by atoms with E-state index in [0.29, 0.717) is 19.5 Å². The molecule has 0 aromatic heterocycles. The quantitative estimate of drug-likeness (QED) is 0.178. The van der Waals surface area contributed by atoms with Crippen molar-refractivity contribution in [3.05, 3.63) is 32.8 Å². The normalized spacial score (nSPS) is 10.3. The summed E-state index contributed by atoms with van der Waals surface area (Å²) in [6.07, 6.45) is 6.11. The van der Waals surface area contributed by atoms with E-state index in [9.17, 15) is 19.7 Å². The summed E-state index contributed by atoms with van der Waals surface area (Å²) < 4.78 is 10.4. The molecule has 138 valence electrons. The molecule has 1 aromatic rings. The van der Waals surface area contributed by atoms with Crippen LogP contribution < -0.4 is 4.74 Å². The van der Waals surface area contributed by atoms with Crippen LogP contribution in [0, 0.1) is 10.1 Å². The van der Waals surface area contributed by atoms with Crippen molar-refractivity contribution in [2.24, 2.45) is 0 Å². The van der Waals surface area contributed by atoms with Crippen LogP contribution >= 0.6 is 11.6 Å². The van der Waals surface area contributed by atoms with E-state index < -0.39 is 4.92 Å². The molecule has 0 aliphatic heterocycles. The molecule has 0 spiro atoms. The van der Waals surface area contributed by atoms with Gasteiger partial charge in [0.1, 0.15) is 16.3 Å². The molecular formula is C17H22ClNO6. The molecular weight excluding hydrogens is 350 g/mol. The topological polar surface area (TPSA) is 95.7 Å². The molecule has 8 heteroatoms. The molecule has 0 bridgehead atoms. The molecule has 25 heavy (non-hydrogen) atoms. The Morgan fingerprint density at radius 1 is 1.16 bits per heavy atom. The molecule has 0 radical (unpaired) electrons. The average Bonchev–Trinajstić information content (AvgIpc) is 2.56. The van der Waals surface area contributed by atoms with Crippen molar-refractivity contribution in [3.8, 4) is 5.75 Å². The highest BCUT2D eigenvalue weighted by Gasteiger charge is 2.19. The van der Waals surface area contributed by atoms with E-state index in [0.717, 1.165) is 38.5 Å². The van der Waals surface area contributed by atoms with Crippen molar-refractivity contribution >= 4 is 29.5 Å². The van der Waals surface area contributed by atoms with Crippen molar-refractivity contribution < 1.29 is 24.0 Å². The number of esters is 1. The minimum Gasteiger partial charge on any atom is -0.492 e. The highest BCUT2D eigenvalue weighted by molar-refractivity contribution is 6.34. The Balaban J connectivity index is 2.25. The summed E-state index contributed by atoms with van der Waals surface area (Å²) in [6, 6.07) is 2.62. The van der Waals surface area contributed by atoms with Crippen LogP contribution in [0.15, 0.2) is 12.1 Å². The minimum absolute atomic E-state index is 0.0327. The molecule has 0 saturated carbocycles. The maximum atomic E-state index is 11.0. The monoisotopic (exact) mass is 371 g/mol. The number of unbranched alkanes of at least 4 members (excludes halogenated alkanes) is 5. The fourth-order valence-corrected chi connectivity index (χ4v) is 2.51. The van der Waals surface area contributed by atoms with Gasteiger partial charge in [0.05, 0.1) is 18.1 Å². The summed E-state index contributed by atoms with van der Waals surface area (Å²) in [7, 11) is 0. The number of nitro groups is 1. The first-order valence-corrected chi connectivity index (χ1v) is 8.53. The second kappa shape index (κ2) is 11.4. The summed E-state index contributed by atoms with van der Waals surface area (Å²) in [4.78, 5) is 31.8. The van der Waals surface area contributed by atoms with Crippen LogP contribution in [0.3, 0.4) is 0 Å². The van der Waals surface area contributed by atoms with Gasteiger partial charge >= 0.3 is 5.97 Å². The fraction of sp³-hybridized carbons (Fsp3) is 0.529. The number of aldehydes is 1. The summed E-state index contributed by atoms with van der Waals surface area (Å²) in [5.74, 6) is 0.0236. The van der Waals surface area contributed by atoms with Crippen molar-refractivity contribution in [1.29, 1.82) is 0 Å². The van der Waals surface area contributed by atoms with Gasteiger partial charge in [-0.1, -0.05) is 37.3 Å². The molecule has 0 heterocycles. The maximum Gasteiger partial charge on any atom is 0.302 e. The molecule has 7 nitrogen and oxygen atoms in total. The molecule has 0 aliphatic carbocycles. The summed E-state index contributed by atoms with van der Waals surface area (Å²) >= 11 is 5.99. The van der Waals surface area contributed by atoms with Crippen LogP contribution in [0.4, 0.5) is 5.69 Å². The Hall–Kier alpha value is -2.15. The van der Waals surface area contributed by atoms with Crippen LogP contribution in [0.1, 0.15) is 55.8 Å². The third-order valence-corrected chi connectivity index (χ3v) is 3.93. The Bertz CT molecular complexity index is 605. The van der Waals surface area contributed by atoms with Gasteiger partial charge in [0.15, 0.2) is 6.29 Å². The number of nitrogens with zero attached hydrogens (tertiary/aromatic N) is 1. The zero-order valence-electron chi connectivity index (χ0n) is 14.2. The van der Waals surface area contributed by atoms with Gasteiger partial charge in [0.2, 0.25) is 0 Å². The van der Waals surface area contributed by atoms with Crippen molar-refractivity contribution in [2.75, 3.05) is 13.2 Å². The summed E-state index contributed by atoms with van der Waals surface area (Å²) in [5.41, 5.74) is -0.502. The number of hydrogen-bond donors (Lipinski definition) is 0. The van der Waals surface area contributed by atoms with E-state index in [4.69, 9.17) is 21.1 Å². The third-order valence-electron chi connectivity index (χ3n) is 3.54. The van der Waals surface area contributed by atoms with Gasteiger partial charge in [-0.2, -0.15) is 0 Å². The van der Waals surface area contributed by atoms with Crippen LogP contribution in [0.25, 0.3) is 0 Å². The maximum absolute atomic E-state index is 11.0. The van der Waals surface area contributed by atoms with Crippen LogP contribution in [0.5, 0.6) is 5.75 Å². The zero-order chi connectivity index (χ0) is 18.7. The van der Waals surface area contributed by atoms with Gasteiger partial charge < -0.3 is 9.47 Å². The molecule has 0 fully saturated rings. The lowest BCUT2D eigenvalue weighted by Crippen LogP contribution is -2.02. The molecule has 0 unspecified atom stereocenters. The predicted molar refractivity (Wildman–Crippen MR) is 93.3 cm³/mol. The lowest BCUT2D eigenvalue weighted by molar-refractivity contribution is -0.385. The largest absolute Gasteiger partial charge is 0.492 e. The standard InChI is InChI=1S/C17H22ClNO6/c1-13(21)24-10-6-4-2-3-5-7-11-25-16-9-8-15(19(22)23)14(12-20)17(16)18/h8-9,12H,2-7,10-11H2,1H3. The Kier molecular flexibility index (Phi) is 9.54. The second-order valence-electron chi connectivity index (χ2n) is 5.50. The molecule has 0 aliphatic rings. The first-order chi connectivity index (χ1) is 12.0. The Morgan fingerprint density at radius 3 is 2.32 bits per heavy atom. The molecule has 0 N–H and O–H groups in total. The van der Waals surface area contributed by atoms with Crippen LogP contribution in [-0.2, 0) is 9.53 Å². The first-order valence-electron chi connectivity index (χ1n) is 8.15. The lowest BCUT2D eigenvalue weighted by Gasteiger charge is -2.09. The smallest absolute Gasteiger partial charge is 0.302 e. The molecule has 0 atom stereocenters. The molecule has 0 amide bonds. The molecule has 0 saturated heterocycles. The second-order valence-corrected chi connectivity index (χ2v) is 5.87. The fourth-order valence-electron chi connectivity index (χ4n) is 2.25. The molecule has 1 rings (SSSR count). The van der Waals surface area contributed by atoms with Gasteiger partial charge in [0.25, 0.3) is 5.69 Å². The van der Waals surface area contributed by atoms with Crippen LogP contribution in [0.2, 0.25) is 5.02 Å². The van der Waals surface area contributed by atoms with Gasteiger partial charge in [-0.25, -0.2) is 0 Å². The minimum atomic E-state index is -0.652.